The summed E-state index contributed by atoms with van der Waals surface area (Å²) in [5, 5.41) is 9.07. The summed E-state index contributed by atoms with van der Waals surface area (Å²) >= 11 is 0. The topological polar surface area (TPSA) is 135 Å². The lowest BCUT2D eigenvalue weighted by atomic mass is 10.2. The third-order valence-corrected chi connectivity index (χ3v) is 2.63. The third kappa shape index (κ3) is 3.17. The van der Waals surface area contributed by atoms with Crippen LogP contribution in [0.1, 0.15) is 13.8 Å². The van der Waals surface area contributed by atoms with Gasteiger partial charge in [0.15, 0.2) is 12.2 Å². The first-order valence-electron chi connectivity index (χ1n) is 6.34. The second-order valence-corrected chi connectivity index (χ2v) is 4.00. The largest absolute Gasteiger partial charge is 0.479 e. The molecule has 1 rings (SSSR count). The number of carbonyl (C=O) groups excluding carboxylic acids is 3. The Balaban J connectivity index is 3.22. The molecule has 0 radical (unpaired) electrons. The number of rotatable bonds is 6. The Morgan fingerprint density at radius 1 is 1.00 bits per heavy atom. The van der Waals surface area contributed by atoms with E-state index in [0.717, 1.165) is 7.11 Å². The molecule has 0 saturated carbocycles. The van der Waals surface area contributed by atoms with Crippen molar-refractivity contribution in [1.29, 1.82) is 0 Å². The first-order valence-corrected chi connectivity index (χ1v) is 6.34. The van der Waals surface area contributed by atoms with E-state index in [0.29, 0.717) is 0 Å². The number of aliphatic carboxylic acids is 1. The quantitative estimate of drug-likeness (QED) is 0.363. The molecular weight excluding hydrogens is 304 g/mol. The van der Waals surface area contributed by atoms with Gasteiger partial charge in [0.25, 0.3) is 0 Å². The van der Waals surface area contributed by atoms with E-state index in [-0.39, 0.29) is 13.2 Å². The second kappa shape index (κ2) is 7.18. The predicted octanol–water partition coefficient (Wildman–Crippen LogP) is -1.15. The smallest absolute Gasteiger partial charge is 0.379 e. The molecule has 0 aliphatic carbocycles. The van der Waals surface area contributed by atoms with Crippen molar-refractivity contribution in [3.05, 3.63) is 0 Å². The molecule has 10 nitrogen and oxygen atoms in total. The van der Waals surface area contributed by atoms with Gasteiger partial charge in [0.1, 0.15) is 0 Å². The molecule has 1 N–H and O–H groups in total. The van der Waals surface area contributed by atoms with Crippen molar-refractivity contribution in [1.82, 2.24) is 0 Å². The highest BCUT2D eigenvalue weighted by Gasteiger charge is 2.65. The molecule has 1 saturated heterocycles. The average Bonchev–Trinajstić information content (AvgIpc) is 2.89. The minimum Gasteiger partial charge on any atom is -0.479 e. The molecule has 0 spiro atoms. The molecule has 1 heterocycles. The van der Waals surface area contributed by atoms with Crippen molar-refractivity contribution >= 4 is 23.9 Å². The van der Waals surface area contributed by atoms with Gasteiger partial charge in [-0.1, -0.05) is 0 Å². The maximum atomic E-state index is 12.0. The highest BCUT2D eigenvalue weighted by atomic mass is 16.8. The van der Waals surface area contributed by atoms with Gasteiger partial charge in [-0.05, 0) is 13.8 Å². The van der Waals surface area contributed by atoms with Crippen LogP contribution in [0.5, 0.6) is 0 Å². The highest BCUT2D eigenvalue weighted by molar-refractivity contribution is 6.03. The fourth-order valence-electron chi connectivity index (χ4n) is 1.70. The van der Waals surface area contributed by atoms with Gasteiger partial charge in [0, 0.05) is 0 Å². The van der Waals surface area contributed by atoms with Crippen LogP contribution in [0.15, 0.2) is 0 Å². The van der Waals surface area contributed by atoms with E-state index in [9.17, 15) is 19.2 Å². The molecule has 0 bridgehead atoms. The Morgan fingerprint density at radius 3 is 1.82 bits per heavy atom. The normalized spacial score (nSPS) is 22.7. The number of hydrogen-bond acceptors (Lipinski definition) is 9. The fraction of sp³-hybridized carbons (Fsp3) is 0.667. The number of methoxy groups -OCH3 is 1. The summed E-state index contributed by atoms with van der Waals surface area (Å²) in [6, 6.07) is 0. The number of carboxylic acids is 1. The molecule has 1 aliphatic heterocycles. The molecule has 0 aromatic heterocycles. The lowest BCUT2D eigenvalue weighted by Crippen LogP contribution is -2.51. The zero-order valence-corrected chi connectivity index (χ0v) is 12.2. The summed E-state index contributed by atoms with van der Waals surface area (Å²) in [7, 11) is 0.985. The maximum Gasteiger partial charge on any atom is 0.379 e. The van der Waals surface area contributed by atoms with Crippen molar-refractivity contribution in [3.63, 3.8) is 0 Å². The van der Waals surface area contributed by atoms with Crippen LogP contribution in [-0.2, 0) is 42.9 Å². The van der Waals surface area contributed by atoms with Gasteiger partial charge < -0.3 is 28.8 Å². The summed E-state index contributed by atoms with van der Waals surface area (Å²) < 4.78 is 23.6. The standard InChI is InChI=1S/C12H16O10/c1-4-19-10(16)12(11(17)20-5-2)21-6(8(13)14)7(22-12)9(15)18-3/h6-7H,4-5H2,1-3H3,(H,13,14). The zero-order valence-electron chi connectivity index (χ0n) is 12.2. The van der Waals surface area contributed by atoms with E-state index in [1.807, 2.05) is 0 Å². The van der Waals surface area contributed by atoms with Crippen LogP contribution in [0.25, 0.3) is 0 Å². The predicted molar refractivity (Wildman–Crippen MR) is 65.4 cm³/mol. The number of hydrogen-bond donors (Lipinski definition) is 1. The Bertz CT molecular complexity index is 453. The lowest BCUT2D eigenvalue weighted by molar-refractivity contribution is -0.228. The van der Waals surface area contributed by atoms with E-state index >= 15 is 0 Å². The molecule has 0 aromatic rings. The van der Waals surface area contributed by atoms with Crippen LogP contribution >= 0.6 is 0 Å². The zero-order chi connectivity index (χ0) is 16.9. The van der Waals surface area contributed by atoms with Crippen molar-refractivity contribution in [2.75, 3.05) is 20.3 Å². The number of ether oxygens (including phenoxy) is 5. The van der Waals surface area contributed by atoms with Crippen molar-refractivity contribution in [2.45, 2.75) is 31.8 Å². The molecule has 2 atom stereocenters. The molecule has 1 fully saturated rings. The van der Waals surface area contributed by atoms with Gasteiger partial charge in [-0.25, -0.2) is 19.2 Å². The van der Waals surface area contributed by atoms with Crippen LogP contribution < -0.4 is 0 Å². The summed E-state index contributed by atoms with van der Waals surface area (Å²) in [6.07, 6.45) is -3.75. The van der Waals surface area contributed by atoms with Crippen LogP contribution in [0.4, 0.5) is 0 Å². The van der Waals surface area contributed by atoms with Crippen LogP contribution in [0, 0.1) is 0 Å². The van der Waals surface area contributed by atoms with Crippen LogP contribution in [0.2, 0.25) is 0 Å². The summed E-state index contributed by atoms with van der Waals surface area (Å²) in [5.74, 6) is -8.15. The molecule has 1 aliphatic rings. The first kappa shape index (κ1) is 17.9. The highest BCUT2D eigenvalue weighted by Crippen LogP contribution is 2.32. The van der Waals surface area contributed by atoms with Gasteiger partial charge in [-0.3, -0.25) is 0 Å². The second-order valence-electron chi connectivity index (χ2n) is 4.00. The van der Waals surface area contributed by atoms with E-state index in [4.69, 9.17) is 14.6 Å². The molecule has 22 heavy (non-hydrogen) atoms. The monoisotopic (exact) mass is 320 g/mol. The van der Waals surface area contributed by atoms with Crippen LogP contribution in [-0.4, -0.2) is 67.3 Å². The van der Waals surface area contributed by atoms with Gasteiger partial charge in [0.2, 0.25) is 0 Å². The Morgan fingerprint density at radius 2 is 1.45 bits per heavy atom. The first-order chi connectivity index (χ1) is 10.3. The van der Waals surface area contributed by atoms with Crippen molar-refractivity contribution in [3.8, 4) is 0 Å². The molecular formula is C12H16O10. The number of esters is 3. The maximum absolute atomic E-state index is 12.0. The summed E-state index contributed by atoms with van der Waals surface area (Å²) in [5.41, 5.74) is 0. The van der Waals surface area contributed by atoms with Gasteiger partial charge >= 0.3 is 29.7 Å². The fourth-order valence-corrected chi connectivity index (χ4v) is 1.70. The number of carbonyl (C=O) groups is 4. The minimum absolute atomic E-state index is 0.132. The summed E-state index contributed by atoms with van der Waals surface area (Å²) in [4.78, 5) is 46.7. The van der Waals surface area contributed by atoms with Crippen molar-refractivity contribution in [2.24, 2.45) is 0 Å². The average molecular weight is 320 g/mol. The van der Waals surface area contributed by atoms with Crippen molar-refractivity contribution < 1.29 is 48.0 Å². The Labute approximate surface area is 125 Å². The molecule has 124 valence electrons. The van der Waals surface area contributed by atoms with Gasteiger partial charge in [-0.15, -0.1) is 0 Å². The van der Waals surface area contributed by atoms with E-state index in [1.165, 1.54) is 13.8 Å². The molecule has 0 amide bonds. The third-order valence-electron chi connectivity index (χ3n) is 2.63. The lowest BCUT2D eigenvalue weighted by Gasteiger charge is -2.22. The molecule has 2 unspecified atom stereocenters. The van der Waals surface area contributed by atoms with E-state index in [1.54, 1.807) is 0 Å². The van der Waals surface area contributed by atoms with E-state index in [2.05, 4.69) is 14.2 Å². The van der Waals surface area contributed by atoms with Gasteiger partial charge in [-0.2, -0.15) is 0 Å². The molecule has 0 aromatic carbocycles. The van der Waals surface area contributed by atoms with Crippen LogP contribution in [0.3, 0.4) is 0 Å². The summed E-state index contributed by atoms with van der Waals surface area (Å²) in [6.45, 7) is 2.65. The SMILES string of the molecule is CCOC(=O)C1(C(=O)OCC)OC(C(=O)O)C(C(=O)OC)O1. The Hall–Kier alpha value is -2.20. The minimum atomic E-state index is -2.78. The number of carboxylic acid groups (broad SMARTS) is 1. The molecule has 10 heteroatoms. The van der Waals surface area contributed by atoms with Gasteiger partial charge in [0.05, 0.1) is 20.3 Å². The van der Waals surface area contributed by atoms with E-state index < -0.39 is 41.9 Å². The Kier molecular flexibility index (Phi) is 5.83.